The molecule has 5 aromatic carbocycles. The fourth-order valence-corrected chi connectivity index (χ4v) is 7.15. The molecule has 0 atom stereocenters. The van der Waals surface area contributed by atoms with E-state index in [4.69, 9.17) is 4.98 Å². The van der Waals surface area contributed by atoms with Gasteiger partial charge >= 0.3 is 0 Å². The highest BCUT2D eigenvalue weighted by atomic mass is 15.1. The van der Waals surface area contributed by atoms with Gasteiger partial charge in [-0.25, -0.2) is 4.98 Å². The van der Waals surface area contributed by atoms with Crippen LogP contribution in [0.1, 0.15) is 26.3 Å². The average Bonchev–Trinajstić information content (AvgIpc) is 3.63. The van der Waals surface area contributed by atoms with Crippen molar-refractivity contribution < 1.29 is 0 Å². The standard InChI is InChI=1S/C44H34N4/c1-44(2,3)32-22-24-46-43(27-32)48-39-15-8-7-13-34(39)37-21-18-33(28-42(37)48)47-40-25-30(29-11-5-4-6-12-29)16-19-35(40)36-20-17-31(26-41(36)47)38-14-9-10-23-45-38/h4-28H,1-3H3. The molecule has 4 aromatic heterocycles. The molecule has 0 radical (unpaired) electrons. The maximum absolute atomic E-state index is 4.93. The van der Waals surface area contributed by atoms with Gasteiger partial charge in [0, 0.05) is 45.2 Å². The Morgan fingerprint density at radius 1 is 0.438 bits per heavy atom. The zero-order chi connectivity index (χ0) is 32.4. The van der Waals surface area contributed by atoms with Gasteiger partial charge in [-0.3, -0.25) is 9.55 Å². The number of aromatic nitrogens is 4. The van der Waals surface area contributed by atoms with Crippen LogP contribution in [0.2, 0.25) is 0 Å². The Bertz CT molecular complexity index is 2540. The van der Waals surface area contributed by atoms with Gasteiger partial charge in [0.05, 0.1) is 27.8 Å². The Hall–Kier alpha value is -6.00. The summed E-state index contributed by atoms with van der Waals surface area (Å²) < 4.78 is 4.75. The zero-order valence-electron chi connectivity index (χ0n) is 27.2. The van der Waals surface area contributed by atoms with Gasteiger partial charge < -0.3 is 4.57 Å². The third-order valence-corrected chi connectivity index (χ3v) is 9.59. The number of para-hydroxylation sites is 1. The Balaban J connectivity index is 1.36. The van der Waals surface area contributed by atoms with Crippen LogP contribution in [0.15, 0.2) is 152 Å². The van der Waals surface area contributed by atoms with Crippen molar-refractivity contribution in [3.05, 3.63) is 157 Å². The summed E-state index contributed by atoms with van der Waals surface area (Å²) in [7, 11) is 0. The number of rotatable bonds is 4. The van der Waals surface area contributed by atoms with Gasteiger partial charge in [0.1, 0.15) is 5.82 Å². The van der Waals surface area contributed by atoms with E-state index in [-0.39, 0.29) is 5.41 Å². The third-order valence-electron chi connectivity index (χ3n) is 9.59. The first-order chi connectivity index (χ1) is 23.4. The topological polar surface area (TPSA) is 35.6 Å². The van der Waals surface area contributed by atoms with Gasteiger partial charge in [0.2, 0.25) is 0 Å². The van der Waals surface area contributed by atoms with Crippen LogP contribution in [0.5, 0.6) is 0 Å². The predicted octanol–water partition coefficient (Wildman–Crippen LogP) is 11.3. The molecule has 9 aromatic rings. The van der Waals surface area contributed by atoms with Gasteiger partial charge in [-0.15, -0.1) is 0 Å². The minimum absolute atomic E-state index is 0.00631. The second-order valence-electron chi connectivity index (χ2n) is 13.6. The molecular weight excluding hydrogens is 585 g/mol. The molecule has 230 valence electrons. The smallest absolute Gasteiger partial charge is 0.137 e. The van der Waals surface area contributed by atoms with E-state index in [1.807, 2.05) is 24.5 Å². The molecule has 4 nitrogen and oxygen atoms in total. The molecule has 48 heavy (non-hydrogen) atoms. The van der Waals surface area contributed by atoms with Crippen molar-refractivity contribution in [1.82, 2.24) is 19.1 Å². The van der Waals surface area contributed by atoms with E-state index in [1.54, 1.807) is 0 Å². The van der Waals surface area contributed by atoms with Crippen LogP contribution < -0.4 is 0 Å². The molecule has 0 spiro atoms. The van der Waals surface area contributed by atoms with Gasteiger partial charge in [-0.1, -0.05) is 106 Å². The second-order valence-corrected chi connectivity index (χ2v) is 13.6. The van der Waals surface area contributed by atoms with Gasteiger partial charge in [0.25, 0.3) is 0 Å². The molecule has 4 heterocycles. The number of nitrogens with zero attached hydrogens (tertiary/aromatic N) is 4. The van der Waals surface area contributed by atoms with Crippen molar-refractivity contribution in [3.8, 4) is 33.9 Å². The van der Waals surface area contributed by atoms with Crippen molar-refractivity contribution in [2.75, 3.05) is 0 Å². The van der Waals surface area contributed by atoms with E-state index >= 15 is 0 Å². The highest BCUT2D eigenvalue weighted by Gasteiger charge is 2.20. The van der Waals surface area contributed by atoms with Crippen molar-refractivity contribution >= 4 is 43.6 Å². The average molecular weight is 619 g/mol. The van der Waals surface area contributed by atoms with Gasteiger partial charge in [-0.05, 0) is 76.7 Å². The lowest BCUT2D eigenvalue weighted by molar-refractivity contribution is 0.588. The third kappa shape index (κ3) is 4.52. The van der Waals surface area contributed by atoms with Crippen molar-refractivity contribution in [2.45, 2.75) is 26.2 Å². The molecule has 0 aliphatic heterocycles. The van der Waals surface area contributed by atoms with E-state index in [0.29, 0.717) is 0 Å². The Morgan fingerprint density at radius 2 is 1.08 bits per heavy atom. The minimum atomic E-state index is 0.00631. The summed E-state index contributed by atoms with van der Waals surface area (Å²) >= 11 is 0. The van der Waals surface area contributed by atoms with Crippen LogP contribution >= 0.6 is 0 Å². The fourth-order valence-electron chi connectivity index (χ4n) is 7.15. The fraction of sp³-hybridized carbons (Fsp3) is 0.0909. The highest BCUT2D eigenvalue weighted by molar-refractivity contribution is 6.13. The monoisotopic (exact) mass is 618 g/mol. The molecule has 0 bridgehead atoms. The molecule has 0 aliphatic carbocycles. The lowest BCUT2D eigenvalue weighted by Gasteiger charge is -2.20. The van der Waals surface area contributed by atoms with Crippen LogP contribution in [0.25, 0.3) is 77.5 Å². The van der Waals surface area contributed by atoms with E-state index in [1.165, 1.54) is 43.8 Å². The molecule has 0 aliphatic rings. The van der Waals surface area contributed by atoms with Crippen LogP contribution in [-0.4, -0.2) is 19.1 Å². The molecular formula is C44H34N4. The lowest BCUT2D eigenvalue weighted by atomic mass is 9.88. The number of fused-ring (bicyclic) bond motifs is 6. The normalized spacial score (nSPS) is 12.1. The summed E-state index contributed by atoms with van der Waals surface area (Å²) in [5, 5.41) is 4.85. The maximum Gasteiger partial charge on any atom is 0.137 e. The molecule has 0 unspecified atom stereocenters. The van der Waals surface area contributed by atoms with Crippen molar-refractivity contribution in [3.63, 3.8) is 0 Å². The zero-order valence-corrected chi connectivity index (χ0v) is 27.2. The summed E-state index contributed by atoms with van der Waals surface area (Å²) in [5.74, 6) is 0.928. The molecule has 0 saturated heterocycles. The molecule has 0 amide bonds. The second kappa shape index (κ2) is 10.8. The van der Waals surface area contributed by atoms with E-state index in [9.17, 15) is 0 Å². The first kappa shape index (κ1) is 28.2. The van der Waals surface area contributed by atoms with E-state index in [2.05, 4.69) is 162 Å². The largest absolute Gasteiger partial charge is 0.309 e. The summed E-state index contributed by atoms with van der Waals surface area (Å²) in [6.07, 6.45) is 3.80. The van der Waals surface area contributed by atoms with E-state index in [0.717, 1.165) is 39.3 Å². The van der Waals surface area contributed by atoms with E-state index < -0.39 is 0 Å². The molecule has 0 fully saturated rings. The summed E-state index contributed by atoms with van der Waals surface area (Å²) in [4.78, 5) is 9.61. The Morgan fingerprint density at radius 3 is 1.83 bits per heavy atom. The Labute approximate surface area is 279 Å². The first-order valence-electron chi connectivity index (χ1n) is 16.5. The quantitative estimate of drug-likeness (QED) is 0.197. The molecule has 0 saturated carbocycles. The summed E-state index contributed by atoms with van der Waals surface area (Å²) in [6.45, 7) is 6.75. The van der Waals surface area contributed by atoms with Crippen molar-refractivity contribution in [1.29, 1.82) is 0 Å². The lowest BCUT2D eigenvalue weighted by Crippen LogP contribution is -2.12. The van der Waals surface area contributed by atoms with Crippen LogP contribution in [-0.2, 0) is 5.41 Å². The SMILES string of the molecule is CC(C)(C)c1ccnc(-n2c3ccccc3c3ccc(-n4c5cc(-c6ccccc6)ccc5c5ccc(-c6ccccn6)cc54)cc32)c1. The minimum Gasteiger partial charge on any atom is -0.309 e. The molecule has 4 heteroatoms. The number of pyridine rings is 2. The van der Waals surface area contributed by atoms with Crippen molar-refractivity contribution in [2.24, 2.45) is 0 Å². The highest BCUT2D eigenvalue weighted by Crippen LogP contribution is 2.39. The van der Waals surface area contributed by atoms with Crippen LogP contribution in [0.4, 0.5) is 0 Å². The number of benzene rings is 5. The van der Waals surface area contributed by atoms with Gasteiger partial charge in [0.15, 0.2) is 0 Å². The Kier molecular flexibility index (Phi) is 6.34. The summed E-state index contributed by atoms with van der Waals surface area (Å²) in [5.41, 5.74) is 11.4. The van der Waals surface area contributed by atoms with Crippen LogP contribution in [0.3, 0.4) is 0 Å². The maximum atomic E-state index is 4.93. The first-order valence-corrected chi connectivity index (χ1v) is 16.5. The molecule has 0 N–H and O–H groups in total. The summed E-state index contributed by atoms with van der Waals surface area (Å²) in [6, 6.07) is 50.2. The van der Waals surface area contributed by atoms with Crippen LogP contribution in [0, 0.1) is 0 Å². The molecule has 9 rings (SSSR count). The predicted molar refractivity (Wildman–Crippen MR) is 200 cm³/mol. The number of hydrogen-bond acceptors (Lipinski definition) is 2. The number of hydrogen-bond donors (Lipinski definition) is 0. The van der Waals surface area contributed by atoms with Gasteiger partial charge in [-0.2, -0.15) is 0 Å².